The van der Waals surface area contributed by atoms with E-state index in [1.807, 2.05) is 31.2 Å². The van der Waals surface area contributed by atoms with Gasteiger partial charge in [0.1, 0.15) is 5.75 Å². The maximum absolute atomic E-state index is 12.6. The summed E-state index contributed by atoms with van der Waals surface area (Å²) in [4.78, 5) is 26.1. The van der Waals surface area contributed by atoms with Gasteiger partial charge in [-0.15, -0.1) is 0 Å². The lowest BCUT2D eigenvalue weighted by Crippen LogP contribution is -2.45. The predicted octanol–water partition coefficient (Wildman–Crippen LogP) is 4.93. The Morgan fingerprint density at radius 3 is 2.74 bits per heavy atom. The number of anilines is 3. The third-order valence-electron chi connectivity index (χ3n) is 4.88. The number of benzene rings is 3. The van der Waals surface area contributed by atoms with Gasteiger partial charge in [0.25, 0.3) is 5.91 Å². The van der Waals surface area contributed by atoms with Crippen LogP contribution < -0.4 is 25.7 Å². The first-order valence-electron chi connectivity index (χ1n) is 10.2. The molecule has 3 N–H and O–H groups in total. The van der Waals surface area contributed by atoms with Crippen molar-refractivity contribution in [3.05, 3.63) is 82.9 Å². The number of ether oxygens (including phenoxy) is 1. The van der Waals surface area contributed by atoms with Gasteiger partial charge in [0.15, 0.2) is 11.7 Å². The van der Waals surface area contributed by atoms with Crippen LogP contribution in [-0.4, -0.2) is 29.9 Å². The van der Waals surface area contributed by atoms with Crippen molar-refractivity contribution in [2.24, 2.45) is 5.10 Å². The smallest absolute Gasteiger partial charge is 0.339 e. The van der Waals surface area contributed by atoms with E-state index in [2.05, 4.69) is 21.2 Å². The molecule has 3 aromatic rings. The van der Waals surface area contributed by atoms with E-state index in [0.29, 0.717) is 22.1 Å². The summed E-state index contributed by atoms with van der Waals surface area (Å²) in [6.45, 7) is 1.77. The zero-order chi connectivity index (χ0) is 24.1. The zero-order valence-electron chi connectivity index (χ0n) is 18.0. The lowest BCUT2D eigenvalue weighted by molar-refractivity contribution is -0.120. The molecule has 0 aliphatic carbocycles. The van der Waals surface area contributed by atoms with Crippen molar-refractivity contribution in [3.8, 4) is 5.75 Å². The molecule has 34 heavy (non-hydrogen) atoms. The third-order valence-corrected chi connectivity index (χ3v) is 5.40. The normalized spacial score (nSPS) is 12.6. The lowest BCUT2D eigenvalue weighted by atomic mass is 10.2. The summed E-state index contributed by atoms with van der Waals surface area (Å²) in [6.07, 6.45) is 1.48. The standard InChI is InChI=1S/C24H20ClN5O3S/c1-15-5-2-3-8-19(15)28-24(34)30-20-10-9-18(12-21(20)33-14-22(30)31)27-23(32)29-26-13-16-6-4-7-17(25)11-16/h2-13H,14H2,1H3,(H,28,34)(H2,27,29,32)/b26-13+. The average Bonchev–Trinajstić information content (AvgIpc) is 2.80. The van der Waals surface area contributed by atoms with Crippen LogP contribution in [0.15, 0.2) is 71.8 Å². The fraction of sp³-hybridized carbons (Fsp3) is 0.0833. The van der Waals surface area contributed by atoms with Crippen LogP contribution in [0.25, 0.3) is 0 Å². The second-order valence-electron chi connectivity index (χ2n) is 7.32. The lowest BCUT2D eigenvalue weighted by Gasteiger charge is -2.30. The van der Waals surface area contributed by atoms with Gasteiger partial charge in [-0.1, -0.05) is 41.9 Å². The van der Waals surface area contributed by atoms with E-state index in [9.17, 15) is 9.59 Å². The number of carbonyl (C=O) groups is 2. The molecule has 172 valence electrons. The number of thiocarbonyl (C=S) groups is 1. The third kappa shape index (κ3) is 5.51. The van der Waals surface area contributed by atoms with Gasteiger partial charge in [-0.25, -0.2) is 10.2 Å². The molecular formula is C24H20ClN5O3S. The van der Waals surface area contributed by atoms with E-state index in [-0.39, 0.29) is 17.6 Å². The van der Waals surface area contributed by atoms with Gasteiger partial charge in [-0.2, -0.15) is 5.10 Å². The molecular weight excluding hydrogens is 474 g/mol. The number of nitrogens with one attached hydrogen (secondary N) is 3. The molecule has 4 rings (SSSR count). The summed E-state index contributed by atoms with van der Waals surface area (Å²) >= 11 is 11.4. The highest BCUT2D eigenvalue weighted by molar-refractivity contribution is 7.80. The highest BCUT2D eigenvalue weighted by atomic mass is 35.5. The summed E-state index contributed by atoms with van der Waals surface area (Å²) in [6, 6.07) is 19.1. The van der Waals surface area contributed by atoms with Crippen LogP contribution in [0, 0.1) is 6.92 Å². The minimum absolute atomic E-state index is 0.178. The second kappa shape index (κ2) is 10.3. The van der Waals surface area contributed by atoms with Gasteiger partial charge < -0.3 is 15.4 Å². The summed E-state index contributed by atoms with van der Waals surface area (Å²) in [5.41, 5.74) is 5.87. The highest BCUT2D eigenvalue weighted by Crippen LogP contribution is 2.35. The number of rotatable bonds is 4. The molecule has 0 spiro atoms. The Hall–Kier alpha value is -3.95. The molecule has 0 fully saturated rings. The predicted molar refractivity (Wildman–Crippen MR) is 138 cm³/mol. The number of carbonyl (C=O) groups excluding carboxylic acids is 2. The van der Waals surface area contributed by atoms with Crippen LogP contribution in [0.1, 0.15) is 11.1 Å². The highest BCUT2D eigenvalue weighted by Gasteiger charge is 2.29. The van der Waals surface area contributed by atoms with Crippen molar-refractivity contribution >= 4 is 64.1 Å². The van der Waals surface area contributed by atoms with Gasteiger partial charge in [0, 0.05) is 22.5 Å². The number of urea groups is 1. The van der Waals surface area contributed by atoms with Crippen molar-refractivity contribution in [2.45, 2.75) is 6.92 Å². The molecule has 0 saturated heterocycles. The first-order chi connectivity index (χ1) is 16.4. The molecule has 0 aromatic heterocycles. The Morgan fingerprint density at radius 1 is 1.12 bits per heavy atom. The van der Waals surface area contributed by atoms with Gasteiger partial charge in [-0.3, -0.25) is 9.69 Å². The van der Waals surface area contributed by atoms with E-state index in [1.54, 1.807) is 42.5 Å². The topological polar surface area (TPSA) is 95.1 Å². The first kappa shape index (κ1) is 23.2. The summed E-state index contributed by atoms with van der Waals surface area (Å²) in [5, 5.41) is 10.5. The number of fused-ring (bicyclic) bond motifs is 1. The Labute approximate surface area is 206 Å². The number of hydrogen-bond acceptors (Lipinski definition) is 5. The zero-order valence-corrected chi connectivity index (χ0v) is 19.6. The van der Waals surface area contributed by atoms with Gasteiger partial charge in [0.2, 0.25) is 0 Å². The van der Waals surface area contributed by atoms with Crippen molar-refractivity contribution in [1.82, 2.24) is 5.43 Å². The Bertz CT molecular complexity index is 1300. The summed E-state index contributed by atoms with van der Waals surface area (Å²) in [7, 11) is 0. The molecule has 10 heteroatoms. The van der Waals surface area contributed by atoms with Crippen LogP contribution in [0.5, 0.6) is 5.75 Å². The molecule has 8 nitrogen and oxygen atoms in total. The van der Waals surface area contributed by atoms with Gasteiger partial charge >= 0.3 is 6.03 Å². The molecule has 1 aliphatic rings. The van der Waals surface area contributed by atoms with Gasteiger partial charge in [-0.05, 0) is 60.6 Å². The van der Waals surface area contributed by atoms with E-state index in [1.165, 1.54) is 11.1 Å². The van der Waals surface area contributed by atoms with Crippen molar-refractivity contribution in [1.29, 1.82) is 0 Å². The molecule has 0 unspecified atom stereocenters. The maximum atomic E-state index is 12.6. The number of amides is 3. The second-order valence-corrected chi connectivity index (χ2v) is 8.15. The van der Waals surface area contributed by atoms with Crippen LogP contribution in [0.2, 0.25) is 5.02 Å². The van der Waals surface area contributed by atoms with Crippen LogP contribution in [0.4, 0.5) is 21.9 Å². The van der Waals surface area contributed by atoms with Crippen molar-refractivity contribution < 1.29 is 14.3 Å². The SMILES string of the molecule is Cc1ccccc1NC(=S)N1C(=O)COc2cc(NC(=O)N/N=C/c3cccc(Cl)c3)ccc21. The molecule has 3 aromatic carbocycles. The van der Waals surface area contributed by atoms with Crippen molar-refractivity contribution in [2.75, 3.05) is 22.1 Å². The van der Waals surface area contributed by atoms with E-state index < -0.39 is 6.03 Å². The summed E-state index contributed by atoms with van der Waals surface area (Å²) < 4.78 is 5.57. The van der Waals surface area contributed by atoms with Crippen LogP contribution >= 0.6 is 23.8 Å². The molecule has 0 bridgehead atoms. The molecule has 1 aliphatic heterocycles. The molecule has 0 atom stereocenters. The number of halogens is 1. The minimum atomic E-state index is -0.543. The number of para-hydroxylation sites is 1. The Kier molecular flexibility index (Phi) is 7.05. The van der Waals surface area contributed by atoms with E-state index in [0.717, 1.165) is 16.8 Å². The van der Waals surface area contributed by atoms with E-state index >= 15 is 0 Å². The van der Waals surface area contributed by atoms with Crippen LogP contribution in [0.3, 0.4) is 0 Å². The monoisotopic (exact) mass is 493 g/mol. The van der Waals surface area contributed by atoms with E-state index in [4.69, 9.17) is 28.6 Å². The Morgan fingerprint density at radius 2 is 1.94 bits per heavy atom. The fourth-order valence-corrected chi connectivity index (χ4v) is 3.76. The van der Waals surface area contributed by atoms with Gasteiger partial charge in [0.05, 0.1) is 11.9 Å². The maximum Gasteiger partial charge on any atom is 0.339 e. The largest absolute Gasteiger partial charge is 0.481 e. The average molecular weight is 494 g/mol. The Balaban J connectivity index is 1.43. The number of aryl methyl sites for hydroxylation is 1. The van der Waals surface area contributed by atoms with Crippen LogP contribution in [-0.2, 0) is 4.79 Å². The number of hydrazone groups is 1. The first-order valence-corrected chi connectivity index (χ1v) is 11.0. The number of hydrogen-bond donors (Lipinski definition) is 3. The minimum Gasteiger partial charge on any atom is -0.481 e. The molecule has 0 radical (unpaired) electrons. The quantitative estimate of drug-likeness (QED) is 0.272. The molecule has 0 saturated carbocycles. The summed E-state index contributed by atoms with van der Waals surface area (Å²) in [5.74, 6) is 0.112. The number of nitrogens with zero attached hydrogens (tertiary/aromatic N) is 2. The van der Waals surface area contributed by atoms with Crippen molar-refractivity contribution in [3.63, 3.8) is 0 Å². The molecule has 1 heterocycles. The molecule has 3 amide bonds. The fourth-order valence-electron chi connectivity index (χ4n) is 3.25.